The number of nitrogens with one attached hydrogen (secondary N) is 1. The number of carbonyl (C=O) groups is 1. The summed E-state index contributed by atoms with van der Waals surface area (Å²) >= 11 is 3.57. The number of benzene rings is 1. The highest BCUT2D eigenvalue weighted by Crippen LogP contribution is 2.26. The van der Waals surface area contributed by atoms with E-state index in [4.69, 9.17) is 0 Å². The van der Waals surface area contributed by atoms with Crippen LogP contribution in [-0.4, -0.2) is 42.2 Å². The predicted octanol–water partition coefficient (Wildman–Crippen LogP) is 2.84. The molecule has 0 aromatic heterocycles. The van der Waals surface area contributed by atoms with Crippen LogP contribution in [0.3, 0.4) is 0 Å². The lowest BCUT2D eigenvalue weighted by Crippen LogP contribution is -2.34. The van der Waals surface area contributed by atoms with E-state index in [-0.39, 0.29) is 12.1 Å². The third-order valence-electron chi connectivity index (χ3n) is 3.47. The van der Waals surface area contributed by atoms with E-state index < -0.39 is 0 Å². The largest absolute Gasteiger partial charge is 0.322 e. The maximum Gasteiger partial charge on any atom is 0.238 e. The molecule has 1 heterocycles. The molecular formula is C15H22N2OS2. The molecule has 1 aliphatic heterocycles. The number of thioether (sulfide) groups is 2. The van der Waals surface area contributed by atoms with Crippen LogP contribution < -0.4 is 5.32 Å². The second kappa shape index (κ2) is 7.38. The van der Waals surface area contributed by atoms with Crippen molar-refractivity contribution in [1.82, 2.24) is 10.2 Å². The number of hydrogen-bond donors (Lipinski definition) is 1. The molecule has 1 aromatic carbocycles. The van der Waals surface area contributed by atoms with Gasteiger partial charge in [0, 0.05) is 11.4 Å². The molecule has 110 valence electrons. The van der Waals surface area contributed by atoms with Gasteiger partial charge < -0.3 is 4.90 Å². The zero-order valence-corrected chi connectivity index (χ0v) is 13.9. The fourth-order valence-electron chi connectivity index (χ4n) is 2.50. The van der Waals surface area contributed by atoms with Crippen LogP contribution in [0.2, 0.25) is 0 Å². The first-order valence-corrected chi connectivity index (χ1v) is 9.43. The Morgan fingerprint density at radius 1 is 1.35 bits per heavy atom. The Kier molecular flexibility index (Phi) is 5.81. The van der Waals surface area contributed by atoms with Gasteiger partial charge in [-0.15, -0.1) is 11.8 Å². The summed E-state index contributed by atoms with van der Waals surface area (Å²) in [6, 6.07) is 8.48. The minimum absolute atomic E-state index is 0.0303. The zero-order chi connectivity index (χ0) is 14.5. The summed E-state index contributed by atoms with van der Waals surface area (Å²) in [4.78, 5) is 15.3. The van der Waals surface area contributed by atoms with Gasteiger partial charge in [0.25, 0.3) is 0 Å². The van der Waals surface area contributed by atoms with Crippen LogP contribution in [-0.2, 0) is 4.79 Å². The average molecular weight is 310 g/mol. The number of nitrogens with zero attached hydrogens (tertiary/aromatic N) is 1. The van der Waals surface area contributed by atoms with Crippen molar-refractivity contribution in [2.45, 2.75) is 18.0 Å². The number of hydrogen-bond acceptors (Lipinski definition) is 4. The highest BCUT2D eigenvalue weighted by Gasteiger charge is 2.32. The lowest BCUT2D eigenvalue weighted by molar-refractivity contribution is -0.128. The molecule has 0 saturated carbocycles. The summed E-state index contributed by atoms with van der Waals surface area (Å²) in [6.07, 6.45) is 4.21. The van der Waals surface area contributed by atoms with Crippen molar-refractivity contribution in [1.29, 1.82) is 0 Å². The van der Waals surface area contributed by atoms with Gasteiger partial charge >= 0.3 is 0 Å². The molecule has 2 rings (SSSR count). The number of amides is 1. The standard InChI is InChI=1S/C15H22N2OS2/c1-11(10-19-2)9-17-14(18)8-16-15(17)12-4-6-13(20-3)7-5-12/h4-7,11,15-16H,8-10H2,1-3H3. The molecule has 1 fully saturated rings. The van der Waals surface area contributed by atoms with Crippen LogP contribution in [0, 0.1) is 5.92 Å². The minimum Gasteiger partial charge on any atom is -0.322 e. The summed E-state index contributed by atoms with van der Waals surface area (Å²) in [7, 11) is 0. The smallest absolute Gasteiger partial charge is 0.238 e. The van der Waals surface area contributed by atoms with Crippen molar-refractivity contribution < 1.29 is 4.79 Å². The summed E-state index contributed by atoms with van der Waals surface area (Å²) in [5.74, 6) is 1.81. The van der Waals surface area contributed by atoms with Crippen molar-refractivity contribution in [3.05, 3.63) is 29.8 Å². The highest BCUT2D eigenvalue weighted by atomic mass is 32.2. The summed E-state index contributed by atoms with van der Waals surface area (Å²) in [6.45, 7) is 3.47. The topological polar surface area (TPSA) is 32.3 Å². The van der Waals surface area contributed by atoms with Crippen LogP contribution in [0.15, 0.2) is 29.2 Å². The van der Waals surface area contributed by atoms with Crippen molar-refractivity contribution in [2.75, 3.05) is 31.4 Å². The SMILES string of the molecule is CSCC(C)CN1C(=O)CNC1c1ccc(SC)cc1. The number of rotatable bonds is 6. The molecule has 2 unspecified atom stereocenters. The van der Waals surface area contributed by atoms with Gasteiger partial charge in [0.2, 0.25) is 5.91 Å². The average Bonchev–Trinajstić information content (AvgIpc) is 2.81. The van der Waals surface area contributed by atoms with Gasteiger partial charge in [-0.1, -0.05) is 19.1 Å². The van der Waals surface area contributed by atoms with E-state index in [1.807, 2.05) is 16.7 Å². The van der Waals surface area contributed by atoms with Crippen molar-refractivity contribution in [2.24, 2.45) is 5.92 Å². The van der Waals surface area contributed by atoms with E-state index in [1.165, 1.54) is 10.5 Å². The fraction of sp³-hybridized carbons (Fsp3) is 0.533. The lowest BCUT2D eigenvalue weighted by atomic mass is 10.1. The molecule has 1 amide bonds. The molecule has 2 atom stereocenters. The fourth-order valence-corrected chi connectivity index (χ4v) is 3.59. The molecule has 1 aliphatic rings. The molecule has 1 aromatic rings. The van der Waals surface area contributed by atoms with Gasteiger partial charge in [0.15, 0.2) is 0 Å². The maximum atomic E-state index is 12.1. The maximum absolute atomic E-state index is 12.1. The van der Waals surface area contributed by atoms with E-state index in [1.54, 1.807) is 11.8 Å². The zero-order valence-electron chi connectivity index (χ0n) is 12.3. The van der Waals surface area contributed by atoms with E-state index in [0.717, 1.165) is 12.3 Å². The minimum atomic E-state index is 0.0303. The first kappa shape index (κ1) is 15.7. The molecule has 0 bridgehead atoms. The molecule has 5 heteroatoms. The Bertz CT molecular complexity index is 450. The van der Waals surface area contributed by atoms with Gasteiger partial charge in [0.1, 0.15) is 6.17 Å². The molecule has 0 radical (unpaired) electrons. The van der Waals surface area contributed by atoms with Crippen LogP contribution >= 0.6 is 23.5 Å². The van der Waals surface area contributed by atoms with E-state index >= 15 is 0 Å². The lowest BCUT2D eigenvalue weighted by Gasteiger charge is -2.27. The quantitative estimate of drug-likeness (QED) is 0.819. The highest BCUT2D eigenvalue weighted by molar-refractivity contribution is 7.98. The van der Waals surface area contributed by atoms with E-state index in [9.17, 15) is 4.79 Å². The first-order valence-electron chi connectivity index (χ1n) is 6.81. The predicted molar refractivity (Wildman–Crippen MR) is 88.2 cm³/mol. The summed E-state index contributed by atoms with van der Waals surface area (Å²) < 4.78 is 0. The summed E-state index contributed by atoms with van der Waals surface area (Å²) in [5.41, 5.74) is 1.17. The van der Waals surface area contributed by atoms with Gasteiger partial charge in [-0.05, 0) is 41.9 Å². The van der Waals surface area contributed by atoms with Crippen LogP contribution in [0.5, 0.6) is 0 Å². The molecule has 20 heavy (non-hydrogen) atoms. The molecule has 0 aliphatic carbocycles. The van der Waals surface area contributed by atoms with Crippen molar-refractivity contribution in [3.8, 4) is 0 Å². The normalized spacial score (nSPS) is 20.4. The molecule has 1 saturated heterocycles. The van der Waals surface area contributed by atoms with Crippen molar-refractivity contribution >= 4 is 29.4 Å². The van der Waals surface area contributed by atoms with Gasteiger partial charge in [-0.3, -0.25) is 10.1 Å². The Labute approximate surface area is 129 Å². The Morgan fingerprint density at radius 3 is 2.65 bits per heavy atom. The molecule has 1 N–H and O–H groups in total. The van der Waals surface area contributed by atoms with E-state index in [0.29, 0.717) is 12.5 Å². The van der Waals surface area contributed by atoms with Crippen LogP contribution in [0.4, 0.5) is 0 Å². The molecule has 3 nitrogen and oxygen atoms in total. The van der Waals surface area contributed by atoms with Gasteiger partial charge in [-0.25, -0.2) is 0 Å². The van der Waals surface area contributed by atoms with Gasteiger partial charge in [0.05, 0.1) is 6.54 Å². The molecular weight excluding hydrogens is 288 g/mol. The van der Waals surface area contributed by atoms with Crippen molar-refractivity contribution in [3.63, 3.8) is 0 Å². The third-order valence-corrected chi connectivity index (χ3v) is 5.12. The second-order valence-electron chi connectivity index (χ2n) is 5.16. The van der Waals surface area contributed by atoms with E-state index in [2.05, 4.69) is 49.0 Å². The Morgan fingerprint density at radius 2 is 2.05 bits per heavy atom. The Hall–Kier alpha value is -0.650. The van der Waals surface area contributed by atoms with Crippen LogP contribution in [0.25, 0.3) is 0 Å². The van der Waals surface area contributed by atoms with Gasteiger partial charge in [-0.2, -0.15) is 11.8 Å². The first-order chi connectivity index (χ1) is 9.65. The molecule has 0 spiro atoms. The van der Waals surface area contributed by atoms with Crippen LogP contribution in [0.1, 0.15) is 18.7 Å². The monoisotopic (exact) mass is 310 g/mol. The second-order valence-corrected chi connectivity index (χ2v) is 6.95. The third kappa shape index (κ3) is 3.71. The number of carbonyl (C=O) groups excluding carboxylic acids is 1. The summed E-state index contributed by atoms with van der Waals surface area (Å²) in [5, 5.41) is 3.32. The Balaban J connectivity index is 2.10.